The van der Waals surface area contributed by atoms with Crippen LogP contribution in [0.1, 0.15) is 48.5 Å². The normalized spacial score (nSPS) is 15.7. The van der Waals surface area contributed by atoms with Crippen molar-refractivity contribution in [2.75, 3.05) is 0 Å². The number of hydrogen-bond donors (Lipinski definition) is 1. The maximum Gasteiger partial charge on any atom is 0.268 e. The molecule has 0 spiro atoms. The smallest absolute Gasteiger partial charge is 0.268 e. The van der Waals surface area contributed by atoms with E-state index in [9.17, 15) is 13.0 Å². The molecule has 0 aromatic carbocycles. The molecule has 120 valence electrons. The zero-order valence-corrected chi connectivity index (χ0v) is 15.9. The summed E-state index contributed by atoms with van der Waals surface area (Å²) in [6, 6.07) is 1.76. The Kier molecular flexibility index (Phi) is 6.71. The quantitative estimate of drug-likeness (QED) is 0.426. The van der Waals surface area contributed by atoms with Crippen LogP contribution in [0, 0.1) is 11.8 Å². The molecule has 0 rings (SSSR count). The highest BCUT2D eigenvalue weighted by atomic mass is 32.2. The molecule has 0 aliphatic carbocycles. The third-order valence-corrected chi connectivity index (χ3v) is 14.6. The average Bonchev–Trinajstić information content (AvgIpc) is 2.11. The summed E-state index contributed by atoms with van der Waals surface area (Å²) < 4.78 is 33.6. The summed E-state index contributed by atoms with van der Waals surface area (Å²) in [5.74, 6) is 0.813. The molecule has 0 aliphatic heterocycles. The Morgan fingerprint density at radius 3 is 1.60 bits per heavy atom. The zero-order chi connectivity index (χ0) is 16.4. The minimum absolute atomic E-state index is 0.115. The van der Waals surface area contributed by atoms with E-state index in [2.05, 4.69) is 55.0 Å². The first-order chi connectivity index (χ1) is 8.78. The van der Waals surface area contributed by atoms with Gasteiger partial charge in [-0.3, -0.25) is 4.55 Å². The van der Waals surface area contributed by atoms with E-state index in [1.54, 1.807) is 0 Å². The monoisotopic (exact) mass is 320 g/mol. The van der Waals surface area contributed by atoms with Crippen molar-refractivity contribution in [2.45, 2.75) is 70.5 Å². The molecular formula is C15H32O3SSi. The van der Waals surface area contributed by atoms with Gasteiger partial charge >= 0.3 is 0 Å². The first-order valence-electron chi connectivity index (χ1n) is 7.36. The summed E-state index contributed by atoms with van der Waals surface area (Å²) in [4.78, 5) is -0.792. The molecule has 3 nitrogen and oxygen atoms in total. The Morgan fingerprint density at radius 2 is 1.45 bits per heavy atom. The average molecular weight is 321 g/mol. The van der Waals surface area contributed by atoms with Crippen LogP contribution in [0.5, 0.6) is 0 Å². The third-order valence-electron chi connectivity index (χ3n) is 4.12. The van der Waals surface area contributed by atoms with Crippen LogP contribution in [0.25, 0.3) is 0 Å². The largest absolute Gasteiger partial charge is 0.285 e. The van der Waals surface area contributed by atoms with Crippen LogP contribution in [0.3, 0.4) is 0 Å². The topological polar surface area (TPSA) is 54.4 Å². The molecule has 0 fully saturated rings. The van der Waals surface area contributed by atoms with Crippen LogP contribution in [-0.2, 0) is 10.1 Å². The van der Waals surface area contributed by atoms with Crippen molar-refractivity contribution < 1.29 is 13.0 Å². The summed E-state index contributed by atoms with van der Waals surface area (Å²) in [7, 11) is -6.45. The molecule has 0 aromatic heterocycles. The molecule has 20 heavy (non-hydrogen) atoms. The Hall–Kier alpha value is -0.133. The van der Waals surface area contributed by atoms with Crippen LogP contribution >= 0.6 is 0 Å². The standard InChI is InChI=1S/C15H32O3SSi/c1-9-14(19(16,17)18)20(10-12(2)3,11-13(4)5)15(6,7)8/h9,12-14H,1,10-11H2,2-8H3,(H,16,17,18). The Labute approximate surface area is 126 Å². The van der Waals surface area contributed by atoms with Crippen LogP contribution < -0.4 is 0 Å². The van der Waals surface area contributed by atoms with Crippen molar-refractivity contribution >= 4 is 18.2 Å². The van der Waals surface area contributed by atoms with Gasteiger partial charge in [0, 0.05) is 0 Å². The van der Waals surface area contributed by atoms with Gasteiger partial charge in [-0.25, -0.2) is 0 Å². The van der Waals surface area contributed by atoms with Crippen molar-refractivity contribution in [1.82, 2.24) is 0 Å². The molecule has 1 N–H and O–H groups in total. The minimum Gasteiger partial charge on any atom is -0.285 e. The second-order valence-electron chi connectivity index (χ2n) is 7.77. The summed E-state index contributed by atoms with van der Waals surface area (Å²) in [5.41, 5.74) is 0. The van der Waals surface area contributed by atoms with E-state index >= 15 is 0 Å². The highest BCUT2D eigenvalue weighted by Crippen LogP contribution is 2.49. The van der Waals surface area contributed by atoms with E-state index in [1.165, 1.54) is 6.08 Å². The van der Waals surface area contributed by atoms with E-state index in [-0.39, 0.29) is 5.04 Å². The Balaban J connectivity index is 6.16. The molecule has 1 unspecified atom stereocenters. The minimum atomic E-state index is -4.10. The highest BCUT2D eigenvalue weighted by Gasteiger charge is 2.53. The van der Waals surface area contributed by atoms with Crippen molar-refractivity contribution in [1.29, 1.82) is 0 Å². The molecule has 1 atom stereocenters. The number of rotatable bonds is 7. The lowest BCUT2D eigenvalue weighted by molar-refractivity contribution is 0.479. The molecule has 0 bridgehead atoms. The van der Waals surface area contributed by atoms with Gasteiger partial charge in [0.25, 0.3) is 10.1 Å². The van der Waals surface area contributed by atoms with Crippen LogP contribution in [0.2, 0.25) is 17.1 Å². The first kappa shape index (κ1) is 19.9. The third kappa shape index (κ3) is 4.71. The molecule has 0 amide bonds. The first-order valence-corrected chi connectivity index (χ1v) is 11.4. The van der Waals surface area contributed by atoms with Gasteiger partial charge in [0.05, 0.1) is 12.9 Å². The maximum atomic E-state index is 11.9. The molecule has 5 heteroatoms. The lowest BCUT2D eigenvalue weighted by Crippen LogP contribution is -2.58. The van der Waals surface area contributed by atoms with Crippen molar-refractivity contribution in [3.05, 3.63) is 12.7 Å². The molecular weight excluding hydrogens is 288 g/mol. The Bertz CT molecular complexity index is 409. The van der Waals surface area contributed by atoms with E-state index in [0.717, 1.165) is 12.1 Å². The van der Waals surface area contributed by atoms with Gasteiger partial charge in [-0.15, -0.1) is 6.58 Å². The van der Waals surface area contributed by atoms with Gasteiger partial charge in [0.1, 0.15) is 0 Å². The van der Waals surface area contributed by atoms with Crippen molar-refractivity contribution in [3.8, 4) is 0 Å². The lowest BCUT2D eigenvalue weighted by Gasteiger charge is -2.48. The van der Waals surface area contributed by atoms with Gasteiger partial charge in [-0.2, -0.15) is 8.42 Å². The maximum absolute atomic E-state index is 11.9. The SMILES string of the molecule is C=CC([Si](CC(C)C)(CC(C)C)C(C)(C)C)S(=O)(=O)O. The number of hydrogen-bond acceptors (Lipinski definition) is 2. The molecule has 0 radical (unpaired) electrons. The molecule has 0 aliphatic rings. The van der Waals surface area contributed by atoms with Crippen LogP contribution in [-0.4, -0.2) is 25.9 Å². The molecule has 0 saturated carbocycles. The fourth-order valence-corrected chi connectivity index (χ4v) is 13.7. The zero-order valence-electron chi connectivity index (χ0n) is 14.1. The van der Waals surface area contributed by atoms with Gasteiger partial charge < -0.3 is 0 Å². The van der Waals surface area contributed by atoms with Crippen LogP contribution in [0.4, 0.5) is 0 Å². The predicted octanol–water partition coefficient (Wildman–Crippen LogP) is 4.53. The van der Waals surface area contributed by atoms with Gasteiger partial charge in [-0.05, 0) is 16.9 Å². The summed E-state index contributed by atoms with van der Waals surface area (Å²) in [5, 5.41) is -0.115. The van der Waals surface area contributed by atoms with E-state index in [4.69, 9.17) is 0 Å². The van der Waals surface area contributed by atoms with E-state index in [1.807, 2.05) is 0 Å². The fraction of sp³-hybridized carbons (Fsp3) is 0.867. The van der Waals surface area contributed by atoms with Crippen molar-refractivity contribution in [2.24, 2.45) is 11.8 Å². The summed E-state index contributed by atoms with van der Waals surface area (Å²) in [6.07, 6.45) is 1.47. The van der Waals surface area contributed by atoms with Crippen LogP contribution in [0.15, 0.2) is 12.7 Å². The fourth-order valence-electron chi connectivity index (χ4n) is 3.44. The highest BCUT2D eigenvalue weighted by molar-refractivity contribution is 7.88. The van der Waals surface area contributed by atoms with Crippen molar-refractivity contribution in [3.63, 3.8) is 0 Å². The molecule has 0 saturated heterocycles. The Morgan fingerprint density at radius 1 is 1.10 bits per heavy atom. The lowest BCUT2D eigenvalue weighted by atomic mass is 10.2. The second kappa shape index (κ2) is 6.75. The second-order valence-corrected chi connectivity index (χ2v) is 15.0. The predicted molar refractivity (Wildman–Crippen MR) is 90.3 cm³/mol. The van der Waals surface area contributed by atoms with Gasteiger partial charge in [0.2, 0.25) is 0 Å². The summed E-state index contributed by atoms with van der Waals surface area (Å²) in [6.45, 7) is 18.6. The summed E-state index contributed by atoms with van der Waals surface area (Å²) >= 11 is 0. The van der Waals surface area contributed by atoms with Gasteiger partial charge in [-0.1, -0.05) is 66.6 Å². The van der Waals surface area contributed by atoms with Gasteiger partial charge in [0.15, 0.2) is 0 Å². The van der Waals surface area contributed by atoms with E-state index in [0.29, 0.717) is 11.8 Å². The molecule has 0 aromatic rings. The van der Waals surface area contributed by atoms with E-state index < -0.39 is 23.1 Å². The molecule has 0 heterocycles.